The lowest BCUT2D eigenvalue weighted by Crippen LogP contribution is -2.10. The number of rotatable bonds is 6. The monoisotopic (exact) mass is 542 g/mol. The Morgan fingerprint density at radius 1 is 0.595 bits per heavy atom. The summed E-state index contributed by atoms with van der Waals surface area (Å²) in [7, 11) is 0. The van der Waals surface area contributed by atoms with Crippen LogP contribution >= 0.6 is 0 Å². The highest BCUT2D eigenvalue weighted by Crippen LogP contribution is 2.34. The van der Waals surface area contributed by atoms with Crippen LogP contribution in [0.15, 0.2) is 144 Å². The number of pyridine rings is 1. The topological polar surface area (TPSA) is 61.9 Å². The third kappa shape index (κ3) is 5.07. The summed E-state index contributed by atoms with van der Waals surface area (Å²) < 4.78 is 0. The van der Waals surface area contributed by atoms with Crippen molar-refractivity contribution in [2.24, 2.45) is 0 Å². The number of aromatic amines is 1. The summed E-state index contributed by atoms with van der Waals surface area (Å²) in [4.78, 5) is 27.3. The van der Waals surface area contributed by atoms with Crippen LogP contribution in [0.4, 0.5) is 17.1 Å². The zero-order valence-corrected chi connectivity index (χ0v) is 22.7. The van der Waals surface area contributed by atoms with Crippen LogP contribution in [-0.2, 0) is 0 Å². The highest BCUT2D eigenvalue weighted by Gasteiger charge is 2.12. The molecule has 0 fully saturated rings. The second-order valence-electron chi connectivity index (χ2n) is 10.0. The van der Waals surface area contributed by atoms with E-state index in [9.17, 15) is 4.79 Å². The third-order valence-corrected chi connectivity index (χ3v) is 7.25. The predicted octanol–water partition coefficient (Wildman–Crippen LogP) is 8.78. The lowest BCUT2D eigenvalue weighted by atomic mass is 10.1. The molecule has 0 aliphatic carbocycles. The van der Waals surface area contributed by atoms with Crippen LogP contribution in [0, 0.1) is 0 Å². The molecule has 0 saturated heterocycles. The molecule has 42 heavy (non-hydrogen) atoms. The Balaban J connectivity index is 1.16. The first kappa shape index (κ1) is 25.2. The van der Waals surface area contributed by atoms with E-state index in [0.717, 1.165) is 39.0 Å². The van der Waals surface area contributed by atoms with Gasteiger partial charge in [0.15, 0.2) is 5.82 Å². The maximum atomic E-state index is 12.9. The van der Waals surface area contributed by atoms with Crippen molar-refractivity contribution in [3.63, 3.8) is 0 Å². The average molecular weight is 543 g/mol. The van der Waals surface area contributed by atoms with Crippen molar-refractivity contribution in [2.45, 2.75) is 0 Å². The van der Waals surface area contributed by atoms with Gasteiger partial charge < -0.3 is 9.88 Å². The van der Waals surface area contributed by atoms with Gasteiger partial charge in [-0.3, -0.25) is 9.78 Å². The van der Waals surface area contributed by atoms with Crippen molar-refractivity contribution in [1.29, 1.82) is 0 Å². The zero-order valence-electron chi connectivity index (χ0n) is 22.7. The van der Waals surface area contributed by atoms with Gasteiger partial charge in [-0.15, -0.1) is 0 Å². The van der Waals surface area contributed by atoms with Crippen LogP contribution in [0.3, 0.4) is 0 Å². The maximum absolute atomic E-state index is 12.9. The van der Waals surface area contributed by atoms with Crippen molar-refractivity contribution in [1.82, 2.24) is 15.0 Å². The van der Waals surface area contributed by atoms with E-state index in [1.54, 1.807) is 6.20 Å². The number of hydrogen-bond acceptors (Lipinski definition) is 4. The number of nitrogens with zero attached hydrogens (tertiary/aromatic N) is 3. The second kappa shape index (κ2) is 11.0. The molecule has 0 saturated carbocycles. The van der Waals surface area contributed by atoms with Crippen molar-refractivity contribution >= 4 is 50.9 Å². The van der Waals surface area contributed by atoms with E-state index in [1.165, 1.54) is 0 Å². The maximum Gasteiger partial charge on any atom is 0.259 e. The Morgan fingerprint density at radius 3 is 1.88 bits per heavy atom. The smallest absolute Gasteiger partial charge is 0.259 e. The molecule has 0 bridgehead atoms. The third-order valence-electron chi connectivity index (χ3n) is 7.25. The summed E-state index contributed by atoms with van der Waals surface area (Å²) in [5.74, 6) is 0.448. The fourth-order valence-electron chi connectivity index (χ4n) is 5.16. The summed E-state index contributed by atoms with van der Waals surface area (Å²) >= 11 is 0. The van der Waals surface area contributed by atoms with Crippen LogP contribution in [0.2, 0.25) is 0 Å². The van der Waals surface area contributed by atoms with Gasteiger partial charge >= 0.3 is 0 Å². The minimum absolute atomic E-state index is 0.177. The number of nitrogens with one attached hydrogen (secondary N) is 1. The second-order valence-corrected chi connectivity index (χ2v) is 10.0. The summed E-state index contributed by atoms with van der Waals surface area (Å²) in [6.07, 6.45) is 5.85. The van der Waals surface area contributed by atoms with E-state index in [1.807, 2.05) is 66.7 Å². The molecule has 0 aliphatic heterocycles. The van der Waals surface area contributed by atoms with Gasteiger partial charge in [-0.25, -0.2) is 4.98 Å². The molecular formula is C37H26N4O. The number of fused-ring (bicyclic) bond motifs is 2. The van der Waals surface area contributed by atoms with Crippen LogP contribution < -0.4 is 10.5 Å². The van der Waals surface area contributed by atoms with Crippen molar-refractivity contribution in [3.8, 4) is 11.5 Å². The normalized spacial score (nSPS) is 11.3. The summed E-state index contributed by atoms with van der Waals surface area (Å²) in [6, 6.07) is 44.9. The molecule has 5 heteroatoms. The Labute approximate surface area is 243 Å². The molecule has 5 aromatic carbocycles. The van der Waals surface area contributed by atoms with Crippen molar-refractivity contribution < 1.29 is 0 Å². The summed E-state index contributed by atoms with van der Waals surface area (Å²) in [5, 5.41) is 2.62. The molecule has 0 amide bonds. The number of aromatic nitrogens is 3. The van der Waals surface area contributed by atoms with E-state index in [4.69, 9.17) is 4.98 Å². The van der Waals surface area contributed by atoms with Crippen molar-refractivity contribution in [3.05, 3.63) is 161 Å². The van der Waals surface area contributed by atoms with Crippen LogP contribution in [0.5, 0.6) is 0 Å². The van der Waals surface area contributed by atoms with Gasteiger partial charge in [-0.2, -0.15) is 0 Å². The van der Waals surface area contributed by atoms with Gasteiger partial charge in [0.05, 0.1) is 10.9 Å². The first-order valence-corrected chi connectivity index (χ1v) is 13.8. The molecule has 200 valence electrons. The lowest BCUT2D eigenvalue weighted by Gasteiger charge is -2.25. The minimum Gasteiger partial charge on any atom is -0.311 e. The van der Waals surface area contributed by atoms with E-state index in [-0.39, 0.29) is 5.56 Å². The molecule has 1 N–H and O–H groups in total. The Hall–Kier alpha value is -5.81. The molecule has 0 atom stereocenters. The van der Waals surface area contributed by atoms with Crippen LogP contribution in [0.1, 0.15) is 11.1 Å². The molecule has 0 radical (unpaired) electrons. The van der Waals surface area contributed by atoms with Gasteiger partial charge in [0, 0.05) is 23.3 Å². The number of benzene rings is 5. The largest absolute Gasteiger partial charge is 0.311 e. The first-order valence-electron chi connectivity index (χ1n) is 13.8. The van der Waals surface area contributed by atoms with Gasteiger partial charge in [-0.05, 0) is 82.6 Å². The fraction of sp³-hybridized carbons (Fsp3) is 0. The van der Waals surface area contributed by atoms with Crippen LogP contribution in [0.25, 0.3) is 45.3 Å². The highest BCUT2D eigenvalue weighted by molar-refractivity contribution is 5.96. The van der Waals surface area contributed by atoms with Crippen molar-refractivity contribution in [2.75, 3.05) is 4.90 Å². The van der Waals surface area contributed by atoms with Crippen LogP contribution in [-0.4, -0.2) is 15.0 Å². The summed E-state index contributed by atoms with van der Waals surface area (Å²) in [5.41, 5.74) is 6.40. The standard InChI is InChI=1S/C37H26N4O/c42-37-33-24-28-9-7-8-10-29(28)25-34(33)39-36(40-37)35-23-27(21-22-38-35)16-15-26-17-19-32(20-18-26)41(30-11-3-1-4-12-30)31-13-5-2-6-14-31/h1-25H,(H,39,40,42). The zero-order chi connectivity index (χ0) is 28.3. The van der Waals surface area contributed by atoms with E-state index in [0.29, 0.717) is 22.4 Å². The summed E-state index contributed by atoms with van der Waals surface area (Å²) in [6.45, 7) is 0. The highest BCUT2D eigenvalue weighted by atomic mass is 16.1. The SMILES string of the molecule is O=c1[nH]c(-c2cc(C=Cc3ccc(N(c4ccccc4)c4ccccc4)cc3)ccn2)nc2cc3ccccc3cc12. The number of hydrogen-bond donors (Lipinski definition) is 1. The number of anilines is 3. The van der Waals surface area contributed by atoms with Gasteiger partial charge in [-0.1, -0.05) is 84.9 Å². The number of para-hydroxylation sites is 2. The lowest BCUT2D eigenvalue weighted by molar-refractivity contribution is 1.14. The van der Waals surface area contributed by atoms with E-state index in [2.05, 4.69) is 93.7 Å². The fourth-order valence-corrected chi connectivity index (χ4v) is 5.16. The molecule has 0 aliphatic rings. The molecule has 5 nitrogen and oxygen atoms in total. The first-order chi connectivity index (χ1) is 20.7. The Bertz CT molecular complexity index is 2060. The molecule has 2 heterocycles. The molecule has 2 aromatic heterocycles. The Morgan fingerprint density at radius 2 is 1.19 bits per heavy atom. The molecule has 0 unspecified atom stereocenters. The predicted molar refractivity (Wildman–Crippen MR) is 173 cm³/mol. The average Bonchev–Trinajstić information content (AvgIpc) is 3.05. The molecular weight excluding hydrogens is 516 g/mol. The quantitative estimate of drug-likeness (QED) is 0.213. The molecule has 7 aromatic rings. The number of H-pyrrole nitrogens is 1. The van der Waals surface area contributed by atoms with Gasteiger partial charge in [0.25, 0.3) is 5.56 Å². The minimum atomic E-state index is -0.177. The van der Waals surface area contributed by atoms with E-state index >= 15 is 0 Å². The molecule has 7 rings (SSSR count). The van der Waals surface area contributed by atoms with Gasteiger partial charge in [0.2, 0.25) is 0 Å². The molecule has 0 spiro atoms. The van der Waals surface area contributed by atoms with Gasteiger partial charge in [0.1, 0.15) is 5.69 Å². The Kier molecular flexibility index (Phi) is 6.59. The van der Waals surface area contributed by atoms with E-state index < -0.39 is 0 Å².